The SMILES string of the molecule is C=CCNC(=O)CN1CCN(C(=O)CNc2ccccc2)CC1.Cl.Cl. The highest BCUT2D eigenvalue weighted by atomic mass is 35.5. The van der Waals surface area contributed by atoms with Crippen molar-refractivity contribution in [3.63, 3.8) is 0 Å². The number of carbonyl (C=O) groups excluding carboxylic acids is 2. The molecule has 0 atom stereocenters. The summed E-state index contributed by atoms with van der Waals surface area (Å²) in [6, 6.07) is 9.68. The first-order valence-corrected chi connectivity index (χ1v) is 7.85. The molecule has 1 aromatic rings. The van der Waals surface area contributed by atoms with Gasteiger partial charge < -0.3 is 15.5 Å². The van der Waals surface area contributed by atoms with Crippen molar-refractivity contribution < 1.29 is 9.59 Å². The van der Waals surface area contributed by atoms with E-state index in [-0.39, 0.29) is 36.6 Å². The predicted octanol–water partition coefficient (Wildman–Crippen LogP) is 1.39. The third-order valence-corrected chi connectivity index (χ3v) is 3.75. The van der Waals surface area contributed by atoms with E-state index in [1.165, 1.54) is 0 Å². The van der Waals surface area contributed by atoms with Gasteiger partial charge in [-0.2, -0.15) is 0 Å². The first-order valence-electron chi connectivity index (χ1n) is 7.85. The third kappa shape index (κ3) is 8.25. The van der Waals surface area contributed by atoms with Crippen LogP contribution in [-0.2, 0) is 9.59 Å². The molecule has 0 radical (unpaired) electrons. The number of rotatable bonds is 7. The molecule has 0 aromatic heterocycles. The smallest absolute Gasteiger partial charge is 0.241 e. The van der Waals surface area contributed by atoms with Crippen molar-refractivity contribution in [1.29, 1.82) is 0 Å². The maximum absolute atomic E-state index is 12.2. The number of halogens is 2. The molecule has 0 bridgehead atoms. The lowest BCUT2D eigenvalue weighted by atomic mass is 10.3. The molecule has 1 aliphatic heterocycles. The van der Waals surface area contributed by atoms with Gasteiger partial charge >= 0.3 is 0 Å². The number of carbonyl (C=O) groups is 2. The van der Waals surface area contributed by atoms with E-state index in [1.807, 2.05) is 35.2 Å². The number of para-hydroxylation sites is 1. The second-order valence-electron chi connectivity index (χ2n) is 5.47. The molecule has 2 N–H and O–H groups in total. The Hall–Kier alpha value is -1.76. The third-order valence-electron chi connectivity index (χ3n) is 3.75. The summed E-state index contributed by atoms with van der Waals surface area (Å²) in [5.74, 6) is 0.0834. The molecule has 6 nitrogen and oxygen atoms in total. The molecule has 1 heterocycles. The van der Waals surface area contributed by atoms with Crippen LogP contribution in [0.25, 0.3) is 0 Å². The molecular weight excluding hydrogens is 363 g/mol. The lowest BCUT2D eigenvalue weighted by molar-refractivity contribution is -0.131. The van der Waals surface area contributed by atoms with Crippen LogP contribution >= 0.6 is 24.8 Å². The molecule has 8 heteroatoms. The van der Waals surface area contributed by atoms with E-state index in [0.29, 0.717) is 32.7 Å². The Balaban J connectivity index is 0.00000288. The van der Waals surface area contributed by atoms with Crippen LogP contribution in [0.4, 0.5) is 5.69 Å². The fourth-order valence-corrected chi connectivity index (χ4v) is 2.45. The lowest BCUT2D eigenvalue weighted by Gasteiger charge is -2.34. The average Bonchev–Trinajstić information content (AvgIpc) is 2.59. The molecule has 1 aliphatic rings. The van der Waals surface area contributed by atoms with Crippen LogP contribution in [0.2, 0.25) is 0 Å². The van der Waals surface area contributed by atoms with Gasteiger partial charge in [0.05, 0.1) is 13.1 Å². The fraction of sp³-hybridized carbons (Fsp3) is 0.412. The molecule has 0 unspecified atom stereocenters. The fourth-order valence-electron chi connectivity index (χ4n) is 2.45. The molecule has 2 amide bonds. The second kappa shape index (κ2) is 12.6. The molecule has 0 saturated carbocycles. The molecule has 140 valence electrons. The molecule has 0 spiro atoms. The Morgan fingerprint density at radius 3 is 2.32 bits per heavy atom. The summed E-state index contributed by atoms with van der Waals surface area (Å²) >= 11 is 0. The van der Waals surface area contributed by atoms with E-state index < -0.39 is 0 Å². The van der Waals surface area contributed by atoms with Gasteiger partial charge in [0.25, 0.3) is 0 Å². The Morgan fingerprint density at radius 2 is 1.72 bits per heavy atom. The van der Waals surface area contributed by atoms with Gasteiger partial charge in [-0.3, -0.25) is 14.5 Å². The standard InChI is InChI=1S/C17H24N4O2.2ClH/c1-2-8-18-16(22)14-20-9-11-21(12-10-20)17(23)13-19-15-6-4-3-5-7-15;;/h2-7,19H,1,8-14H2,(H,18,22);2*1H. The van der Waals surface area contributed by atoms with Crippen LogP contribution in [0.5, 0.6) is 0 Å². The minimum atomic E-state index is -0.00424. The zero-order valence-corrected chi connectivity index (χ0v) is 15.8. The Labute approximate surface area is 161 Å². The quantitative estimate of drug-likeness (QED) is 0.692. The number of benzene rings is 1. The van der Waals surface area contributed by atoms with E-state index in [1.54, 1.807) is 6.08 Å². The summed E-state index contributed by atoms with van der Waals surface area (Å²) in [6.07, 6.45) is 1.66. The van der Waals surface area contributed by atoms with Crippen molar-refractivity contribution >= 4 is 42.3 Å². The maximum Gasteiger partial charge on any atom is 0.241 e. The van der Waals surface area contributed by atoms with Crippen LogP contribution < -0.4 is 10.6 Å². The summed E-state index contributed by atoms with van der Waals surface area (Å²) in [5.41, 5.74) is 0.943. The normalized spacial score (nSPS) is 13.8. The first-order chi connectivity index (χ1) is 11.2. The van der Waals surface area contributed by atoms with E-state index in [9.17, 15) is 9.59 Å². The van der Waals surface area contributed by atoms with Crippen molar-refractivity contribution in [1.82, 2.24) is 15.1 Å². The number of anilines is 1. The van der Waals surface area contributed by atoms with Crippen molar-refractivity contribution in [3.05, 3.63) is 43.0 Å². The highest BCUT2D eigenvalue weighted by Crippen LogP contribution is 2.06. The van der Waals surface area contributed by atoms with Gasteiger partial charge in [-0.15, -0.1) is 31.4 Å². The van der Waals surface area contributed by atoms with E-state index >= 15 is 0 Å². The number of hydrogen-bond acceptors (Lipinski definition) is 4. The predicted molar refractivity (Wildman–Crippen MR) is 106 cm³/mol. The number of nitrogens with zero attached hydrogens (tertiary/aromatic N) is 2. The minimum Gasteiger partial charge on any atom is -0.376 e. The zero-order chi connectivity index (χ0) is 16.5. The molecule has 2 rings (SSSR count). The molecule has 25 heavy (non-hydrogen) atoms. The molecule has 1 aromatic carbocycles. The van der Waals surface area contributed by atoms with Crippen molar-refractivity contribution in [2.45, 2.75) is 0 Å². The summed E-state index contributed by atoms with van der Waals surface area (Å²) < 4.78 is 0. The van der Waals surface area contributed by atoms with Crippen LogP contribution in [-0.4, -0.2) is 67.4 Å². The van der Waals surface area contributed by atoms with Gasteiger partial charge in [0.15, 0.2) is 0 Å². The Bertz CT molecular complexity index is 535. The van der Waals surface area contributed by atoms with Crippen LogP contribution in [0.1, 0.15) is 0 Å². The molecular formula is C17H26Cl2N4O2. The van der Waals surface area contributed by atoms with Crippen molar-refractivity contribution in [3.8, 4) is 0 Å². The van der Waals surface area contributed by atoms with E-state index in [2.05, 4.69) is 22.1 Å². The second-order valence-corrected chi connectivity index (χ2v) is 5.47. The Morgan fingerprint density at radius 1 is 1.08 bits per heavy atom. The monoisotopic (exact) mass is 388 g/mol. The number of hydrogen-bond donors (Lipinski definition) is 2. The largest absolute Gasteiger partial charge is 0.376 e. The minimum absolute atomic E-state index is 0. The van der Waals surface area contributed by atoms with Gasteiger partial charge in [-0.1, -0.05) is 24.3 Å². The maximum atomic E-state index is 12.2. The molecule has 1 fully saturated rings. The van der Waals surface area contributed by atoms with Crippen LogP contribution in [0.3, 0.4) is 0 Å². The van der Waals surface area contributed by atoms with Crippen LogP contribution in [0.15, 0.2) is 43.0 Å². The van der Waals surface area contributed by atoms with Crippen LogP contribution in [0, 0.1) is 0 Å². The molecule has 1 saturated heterocycles. The highest BCUT2D eigenvalue weighted by Gasteiger charge is 2.21. The summed E-state index contributed by atoms with van der Waals surface area (Å²) in [7, 11) is 0. The number of nitrogens with one attached hydrogen (secondary N) is 2. The lowest BCUT2D eigenvalue weighted by Crippen LogP contribution is -2.52. The topological polar surface area (TPSA) is 64.7 Å². The van der Waals surface area contributed by atoms with Gasteiger partial charge in [-0.25, -0.2) is 0 Å². The van der Waals surface area contributed by atoms with Gasteiger partial charge in [0.2, 0.25) is 11.8 Å². The van der Waals surface area contributed by atoms with Gasteiger partial charge in [0.1, 0.15) is 0 Å². The summed E-state index contributed by atoms with van der Waals surface area (Å²) in [4.78, 5) is 27.8. The van der Waals surface area contributed by atoms with E-state index in [4.69, 9.17) is 0 Å². The van der Waals surface area contributed by atoms with Gasteiger partial charge in [0, 0.05) is 38.4 Å². The highest BCUT2D eigenvalue weighted by molar-refractivity contribution is 5.85. The number of piperazine rings is 1. The first kappa shape index (κ1) is 23.2. The molecule has 0 aliphatic carbocycles. The van der Waals surface area contributed by atoms with Gasteiger partial charge in [-0.05, 0) is 12.1 Å². The zero-order valence-electron chi connectivity index (χ0n) is 14.1. The van der Waals surface area contributed by atoms with Crippen molar-refractivity contribution in [2.24, 2.45) is 0 Å². The van der Waals surface area contributed by atoms with E-state index in [0.717, 1.165) is 18.8 Å². The van der Waals surface area contributed by atoms with Crippen molar-refractivity contribution in [2.75, 3.05) is 51.1 Å². The number of amides is 2. The summed E-state index contributed by atoms with van der Waals surface area (Å²) in [6.45, 7) is 7.48. The summed E-state index contributed by atoms with van der Waals surface area (Å²) in [5, 5.41) is 5.89. The average molecular weight is 389 g/mol. The Kier molecular flexibility index (Phi) is 11.7.